The average molecular weight is 559 g/mol. The van der Waals surface area contributed by atoms with Crippen molar-refractivity contribution in [2.45, 2.75) is 39.0 Å². The summed E-state index contributed by atoms with van der Waals surface area (Å²) < 4.78 is 14.1. The van der Waals surface area contributed by atoms with Crippen LogP contribution in [0.3, 0.4) is 0 Å². The molecule has 10 heteroatoms. The lowest BCUT2D eigenvalue weighted by Gasteiger charge is -2.15. The van der Waals surface area contributed by atoms with E-state index in [9.17, 15) is 0 Å². The lowest BCUT2D eigenvalue weighted by molar-refractivity contribution is -0.0466. The van der Waals surface area contributed by atoms with Crippen molar-refractivity contribution in [1.29, 1.82) is 0 Å². The quantitative estimate of drug-likeness (QED) is 0.238. The van der Waals surface area contributed by atoms with E-state index in [1.807, 2.05) is 36.4 Å². The molecule has 0 bridgehead atoms. The van der Waals surface area contributed by atoms with Gasteiger partial charge in [0.15, 0.2) is 5.65 Å². The molecule has 0 spiro atoms. The summed E-state index contributed by atoms with van der Waals surface area (Å²) in [7, 11) is 0. The number of benzene rings is 2. The molecule has 6 aromatic rings. The fraction of sp³-hybridized carbons (Fsp3) is 0.250. The minimum absolute atomic E-state index is 0.527. The molecule has 0 unspecified atom stereocenters. The van der Waals surface area contributed by atoms with Gasteiger partial charge in [0.2, 0.25) is 12.1 Å². The van der Waals surface area contributed by atoms with Crippen LogP contribution in [0.4, 0.5) is 0 Å². The molecule has 7 rings (SSSR count). The van der Waals surface area contributed by atoms with Crippen molar-refractivity contribution < 1.29 is 9.47 Å². The summed E-state index contributed by atoms with van der Waals surface area (Å²) in [6.07, 6.45) is 4.17. The zero-order valence-electron chi connectivity index (χ0n) is 23.3. The van der Waals surface area contributed by atoms with Gasteiger partial charge in [-0.3, -0.25) is 4.98 Å². The van der Waals surface area contributed by atoms with Crippen molar-refractivity contribution in [2.24, 2.45) is 0 Å². The number of tetrazole rings is 1. The first kappa shape index (κ1) is 26.1. The molecule has 210 valence electrons. The van der Waals surface area contributed by atoms with Gasteiger partial charge in [0.25, 0.3) is 0 Å². The molecule has 10 nitrogen and oxygen atoms in total. The number of fused-ring (bicyclic) bond motifs is 1. The summed E-state index contributed by atoms with van der Waals surface area (Å²) in [5.41, 5.74) is 8.13. The number of imidazole rings is 1. The van der Waals surface area contributed by atoms with Gasteiger partial charge in [-0.15, -0.1) is 10.2 Å². The highest BCUT2D eigenvalue weighted by Crippen LogP contribution is 2.35. The molecular weight excluding hydrogens is 528 g/mol. The van der Waals surface area contributed by atoms with Gasteiger partial charge in [-0.2, -0.15) is 5.21 Å². The van der Waals surface area contributed by atoms with E-state index in [0.29, 0.717) is 31.3 Å². The maximum Gasteiger partial charge on any atom is 0.205 e. The van der Waals surface area contributed by atoms with Gasteiger partial charge in [0.05, 0.1) is 25.5 Å². The lowest BCUT2D eigenvalue weighted by Crippen LogP contribution is -2.09. The average Bonchev–Trinajstić information content (AvgIpc) is 3.83. The SMILES string of the molecule is CCCCc1nc2cc(-c3ccccn3)c(C3OCCO3)nc2n1Cc1ccc(-c2ccccc2)c(-c2nn[nH]n2)c1. The van der Waals surface area contributed by atoms with Crippen LogP contribution in [0.5, 0.6) is 0 Å². The van der Waals surface area contributed by atoms with Crippen molar-refractivity contribution >= 4 is 11.2 Å². The third kappa shape index (κ3) is 5.06. The molecule has 0 amide bonds. The summed E-state index contributed by atoms with van der Waals surface area (Å²) in [5, 5.41) is 15.0. The first-order valence-electron chi connectivity index (χ1n) is 14.3. The standard InChI is InChI=1S/C32H30N8O2/c1-2-3-12-28-34-27-19-25(26-11-7-8-15-33-26)29(32-41-16-17-42-32)35-31(27)40(28)20-21-13-14-23(22-9-5-4-6-10-22)24(18-21)30-36-38-39-37-30/h4-11,13-15,18-19,32H,2-3,12,16-17,20H2,1H3,(H,36,37,38,39). The number of ether oxygens (including phenoxy) is 2. The molecule has 1 fully saturated rings. The topological polar surface area (TPSA) is 117 Å². The molecular formula is C32H30N8O2. The number of hydrogen-bond donors (Lipinski definition) is 1. The zero-order valence-corrected chi connectivity index (χ0v) is 23.3. The Hall–Kier alpha value is -4.80. The number of rotatable bonds is 9. The van der Waals surface area contributed by atoms with E-state index in [2.05, 4.69) is 73.5 Å². The number of aromatic nitrogens is 8. The van der Waals surface area contributed by atoms with Gasteiger partial charge in [-0.1, -0.05) is 61.9 Å². The molecule has 5 heterocycles. The number of aromatic amines is 1. The highest BCUT2D eigenvalue weighted by molar-refractivity contribution is 5.82. The predicted molar refractivity (Wildman–Crippen MR) is 158 cm³/mol. The number of aryl methyl sites for hydroxylation is 1. The molecule has 0 radical (unpaired) electrons. The monoisotopic (exact) mass is 558 g/mol. The van der Waals surface area contributed by atoms with E-state index in [0.717, 1.165) is 69.8 Å². The van der Waals surface area contributed by atoms with E-state index in [-0.39, 0.29) is 0 Å². The summed E-state index contributed by atoms with van der Waals surface area (Å²) in [6, 6.07) is 24.6. The normalized spacial score (nSPS) is 13.7. The summed E-state index contributed by atoms with van der Waals surface area (Å²) in [5.74, 6) is 1.54. The third-order valence-corrected chi connectivity index (χ3v) is 7.46. The van der Waals surface area contributed by atoms with Crippen LogP contribution in [0, 0.1) is 0 Å². The second kappa shape index (κ2) is 11.6. The Kier molecular flexibility index (Phi) is 7.21. The van der Waals surface area contributed by atoms with Gasteiger partial charge in [-0.25, -0.2) is 9.97 Å². The number of nitrogens with zero attached hydrogens (tertiary/aromatic N) is 7. The van der Waals surface area contributed by atoms with Crippen molar-refractivity contribution in [1.82, 2.24) is 40.1 Å². The van der Waals surface area contributed by atoms with Crippen LogP contribution in [-0.4, -0.2) is 53.4 Å². The molecule has 1 saturated heterocycles. The smallest absolute Gasteiger partial charge is 0.205 e. The predicted octanol–water partition coefficient (Wildman–Crippen LogP) is 5.78. The van der Waals surface area contributed by atoms with E-state index >= 15 is 0 Å². The minimum atomic E-state index is -0.552. The van der Waals surface area contributed by atoms with Gasteiger partial charge in [0.1, 0.15) is 17.0 Å². The minimum Gasteiger partial charge on any atom is -0.345 e. The Morgan fingerprint density at radius 2 is 1.76 bits per heavy atom. The van der Waals surface area contributed by atoms with Crippen LogP contribution < -0.4 is 0 Å². The Balaban J connectivity index is 1.36. The second-order valence-corrected chi connectivity index (χ2v) is 10.3. The zero-order chi connectivity index (χ0) is 28.3. The van der Waals surface area contributed by atoms with Crippen LogP contribution in [0.1, 0.15) is 43.1 Å². The Morgan fingerprint density at radius 1 is 0.905 bits per heavy atom. The third-order valence-electron chi connectivity index (χ3n) is 7.46. The van der Waals surface area contributed by atoms with Gasteiger partial charge in [0, 0.05) is 23.7 Å². The number of H-pyrrole nitrogens is 1. The molecule has 1 aliphatic rings. The van der Waals surface area contributed by atoms with Crippen molar-refractivity contribution in [2.75, 3.05) is 13.2 Å². The second-order valence-electron chi connectivity index (χ2n) is 10.3. The summed E-state index contributed by atoms with van der Waals surface area (Å²) in [4.78, 5) is 14.9. The number of pyridine rings is 2. The Labute approximate surface area is 242 Å². The largest absolute Gasteiger partial charge is 0.345 e. The highest BCUT2D eigenvalue weighted by atomic mass is 16.7. The summed E-state index contributed by atoms with van der Waals surface area (Å²) in [6.45, 7) is 3.83. The van der Waals surface area contributed by atoms with E-state index in [1.54, 1.807) is 6.20 Å². The molecule has 1 aliphatic heterocycles. The fourth-order valence-electron chi connectivity index (χ4n) is 5.43. The highest BCUT2D eigenvalue weighted by Gasteiger charge is 2.27. The van der Waals surface area contributed by atoms with Crippen molar-refractivity contribution in [3.05, 3.63) is 96.1 Å². The molecule has 2 aromatic carbocycles. The van der Waals surface area contributed by atoms with E-state index in [4.69, 9.17) is 19.4 Å². The fourth-order valence-corrected chi connectivity index (χ4v) is 5.43. The van der Waals surface area contributed by atoms with Crippen LogP contribution >= 0.6 is 0 Å². The number of nitrogens with one attached hydrogen (secondary N) is 1. The van der Waals surface area contributed by atoms with Gasteiger partial charge >= 0.3 is 0 Å². The maximum absolute atomic E-state index is 5.93. The molecule has 0 aliphatic carbocycles. The lowest BCUT2D eigenvalue weighted by atomic mass is 9.97. The molecule has 4 aromatic heterocycles. The molecule has 0 atom stereocenters. The molecule has 42 heavy (non-hydrogen) atoms. The van der Waals surface area contributed by atoms with E-state index in [1.165, 1.54) is 0 Å². The van der Waals surface area contributed by atoms with Gasteiger partial charge in [-0.05, 0) is 52.6 Å². The van der Waals surface area contributed by atoms with Crippen molar-refractivity contribution in [3.63, 3.8) is 0 Å². The maximum atomic E-state index is 5.93. The molecule has 1 N–H and O–H groups in total. The first-order chi connectivity index (χ1) is 20.8. The van der Waals surface area contributed by atoms with Crippen LogP contribution in [0.15, 0.2) is 79.0 Å². The first-order valence-corrected chi connectivity index (χ1v) is 14.3. The number of hydrogen-bond acceptors (Lipinski definition) is 8. The Morgan fingerprint density at radius 3 is 2.52 bits per heavy atom. The van der Waals surface area contributed by atoms with Crippen LogP contribution in [0.2, 0.25) is 0 Å². The van der Waals surface area contributed by atoms with E-state index < -0.39 is 6.29 Å². The van der Waals surface area contributed by atoms with Crippen molar-refractivity contribution in [3.8, 4) is 33.8 Å². The van der Waals surface area contributed by atoms with Crippen LogP contribution in [0.25, 0.3) is 44.9 Å². The Bertz CT molecular complexity index is 1800. The number of unbranched alkanes of at least 4 members (excludes halogenated alkanes) is 1. The summed E-state index contributed by atoms with van der Waals surface area (Å²) >= 11 is 0. The van der Waals surface area contributed by atoms with Crippen LogP contribution in [-0.2, 0) is 22.4 Å². The van der Waals surface area contributed by atoms with Gasteiger partial charge < -0.3 is 14.0 Å². The molecule has 0 saturated carbocycles.